The first-order chi connectivity index (χ1) is 9.02. The van der Waals surface area contributed by atoms with Crippen molar-refractivity contribution in [2.24, 2.45) is 5.41 Å². The molecule has 1 heterocycles. The molecule has 1 aliphatic rings. The van der Waals surface area contributed by atoms with Crippen molar-refractivity contribution in [1.82, 2.24) is 16.0 Å². The van der Waals surface area contributed by atoms with Gasteiger partial charge in [0.25, 0.3) is 0 Å². The van der Waals surface area contributed by atoms with Crippen molar-refractivity contribution >= 4 is 17.8 Å². The lowest BCUT2D eigenvalue weighted by atomic mass is 9.87. The van der Waals surface area contributed by atoms with Gasteiger partial charge >= 0.3 is 6.03 Å². The molecule has 19 heavy (non-hydrogen) atoms. The van der Waals surface area contributed by atoms with Gasteiger partial charge in [-0.05, 0) is 12.5 Å². The monoisotopic (exact) mass is 261 g/mol. The highest BCUT2D eigenvalue weighted by Crippen LogP contribution is 2.18. The van der Waals surface area contributed by atoms with Crippen LogP contribution in [0.25, 0.3) is 0 Å². The molecule has 0 radical (unpaired) electrons. The Hall–Kier alpha value is -2.37. The number of carbonyl (C=O) groups is 3. The summed E-state index contributed by atoms with van der Waals surface area (Å²) in [6.07, 6.45) is 0. The lowest BCUT2D eigenvalue weighted by Gasteiger charge is -2.30. The Morgan fingerprint density at radius 2 is 2.00 bits per heavy atom. The van der Waals surface area contributed by atoms with E-state index in [1.165, 1.54) is 6.92 Å². The molecule has 1 aliphatic heterocycles. The Balaban J connectivity index is 1.99. The number of carbonyl (C=O) groups excluding carboxylic acids is 3. The van der Waals surface area contributed by atoms with Gasteiger partial charge in [-0.25, -0.2) is 4.79 Å². The predicted octanol–water partition coefficient (Wildman–Crippen LogP) is 0.148. The topological polar surface area (TPSA) is 87.3 Å². The number of hydrogen-bond acceptors (Lipinski definition) is 3. The molecule has 1 unspecified atom stereocenters. The third-order valence-corrected chi connectivity index (χ3v) is 3.13. The van der Waals surface area contributed by atoms with Crippen LogP contribution in [0.3, 0.4) is 0 Å². The van der Waals surface area contributed by atoms with E-state index in [9.17, 15) is 14.4 Å². The molecule has 100 valence electrons. The summed E-state index contributed by atoms with van der Waals surface area (Å²) in [6.45, 7) is 1.84. The van der Waals surface area contributed by atoms with Crippen molar-refractivity contribution < 1.29 is 14.4 Å². The largest absolute Gasteiger partial charge is 0.351 e. The van der Waals surface area contributed by atoms with E-state index < -0.39 is 23.3 Å². The number of urea groups is 1. The summed E-state index contributed by atoms with van der Waals surface area (Å²) in [5.74, 6) is -0.990. The predicted molar refractivity (Wildman–Crippen MR) is 67.9 cm³/mol. The van der Waals surface area contributed by atoms with Crippen LogP contribution in [0.1, 0.15) is 12.5 Å². The summed E-state index contributed by atoms with van der Waals surface area (Å²) in [6, 6.07) is 8.82. The number of imide groups is 1. The molecule has 0 aliphatic carbocycles. The smallest absolute Gasteiger partial charge is 0.321 e. The van der Waals surface area contributed by atoms with Crippen LogP contribution >= 0.6 is 0 Å². The van der Waals surface area contributed by atoms with Gasteiger partial charge < -0.3 is 10.6 Å². The third-order valence-electron chi connectivity index (χ3n) is 3.13. The van der Waals surface area contributed by atoms with Gasteiger partial charge in [-0.15, -0.1) is 0 Å². The Kier molecular flexibility index (Phi) is 3.50. The number of amides is 4. The van der Waals surface area contributed by atoms with E-state index in [0.29, 0.717) is 6.54 Å². The maximum absolute atomic E-state index is 12.1. The molecule has 0 saturated carbocycles. The van der Waals surface area contributed by atoms with Gasteiger partial charge in [0.2, 0.25) is 11.8 Å². The molecule has 1 aromatic rings. The fraction of sp³-hybridized carbons (Fsp3) is 0.308. The van der Waals surface area contributed by atoms with Gasteiger partial charge in [0.1, 0.15) is 5.41 Å². The van der Waals surface area contributed by atoms with Gasteiger partial charge in [-0.3, -0.25) is 14.9 Å². The molecule has 1 fully saturated rings. The third kappa shape index (κ3) is 2.73. The maximum atomic E-state index is 12.1. The second kappa shape index (κ2) is 5.09. The Morgan fingerprint density at radius 3 is 2.63 bits per heavy atom. The molecule has 2 rings (SSSR count). The number of nitrogens with one attached hydrogen (secondary N) is 3. The molecular weight excluding hydrogens is 246 g/mol. The SMILES string of the molecule is CC1(C(=O)NCc2ccccc2)CNC(=O)NC1=O. The average Bonchev–Trinajstić information content (AvgIpc) is 2.42. The van der Waals surface area contributed by atoms with Gasteiger partial charge in [-0.2, -0.15) is 0 Å². The second-order valence-electron chi connectivity index (χ2n) is 4.64. The van der Waals surface area contributed by atoms with E-state index >= 15 is 0 Å². The van der Waals surface area contributed by atoms with Crippen LogP contribution in [0, 0.1) is 5.41 Å². The van der Waals surface area contributed by atoms with Crippen molar-refractivity contribution in [3.63, 3.8) is 0 Å². The first-order valence-electron chi connectivity index (χ1n) is 5.94. The molecule has 1 atom stereocenters. The van der Waals surface area contributed by atoms with Crippen molar-refractivity contribution in [2.75, 3.05) is 6.54 Å². The van der Waals surface area contributed by atoms with Crippen molar-refractivity contribution in [3.8, 4) is 0 Å². The molecule has 6 nitrogen and oxygen atoms in total. The van der Waals surface area contributed by atoms with Crippen molar-refractivity contribution in [3.05, 3.63) is 35.9 Å². The van der Waals surface area contributed by atoms with Crippen LogP contribution in [-0.4, -0.2) is 24.4 Å². The van der Waals surface area contributed by atoms with Crippen LogP contribution in [-0.2, 0) is 16.1 Å². The zero-order valence-corrected chi connectivity index (χ0v) is 10.5. The highest BCUT2D eigenvalue weighted by atomic mass is 16.2. The molecule has 0 spiro atoms. The summed E-state index contributed by atoms with van der Waals surface area (Å²) in [4.78, 5) is 34.8. The summed E-state index contributed by atoms with van der Waals surface area (Å²) in [5, 5.41) is 7.25. The molecule has 3 N–H and O–H groups in total. The first kappa shape index (κ1) is 13.1. The summed E-state index contributed by atoms with van der Waals surface area (Å²) in [7, 11) is 0. The first-order valence-corrected chi connectivity index (χ1v) is 5.94. The number of hydrogen-bond donors (Lipinski definition) is 3. The molecule has 0 bridgehead atoms. The van der Waals surface area contributed by atoms with E-state index in [-0.39, 0.29) is 6.54 Å². The lowest BCUT2D eigenvalue weighted by Crippen LogP contribution is -2.62. The van der Waals surface area contributed by atoms with Crippen LogP contribution in [0.4, 0.5) is 4.79 Å². The molecule has 0 aromatic heterocycles. The van der Waals surface area contributed by atoms with Gasteiger partial charge in [0, 0.05) is 13.1 Å². The normalized spacial score (nSPS) is 22.4. The van der Waals surface area contributed by atoms with Crippen molar-refractivity contribution in [1.29, 1.82) is 0 Å². The van der Waals surface area contributed by atoms with Crippen LogP contribution in [0.15, 0.2) is 30.3 Å². The second-order valence-corrected chi connectivity index (χ2v) is 4.64. The zero-order valence-electron chi connectivity index (χ0n) is 10.5. The highest BCUT2D eigenvalue weighted by molar-refractivity contribution is 6.11. The Bertz CT molecular complexity index is 515. The summed E-state index contributed by atoms with van der Waals surface area (Å²) in [5.41, 5.74) is -0.331. The van der Waals surface area contributed by atoms with E-state index in [0.717, 1.165) is 5.56 Å². The average molecular weight is 261 g/mol. The minimum absolute atomic E-state index is 0.00170. The fourth-order valence-electron chi connectivity index (χ4n) is 1.78. The fourth-order valence-corrected chi connectivity index (χ4v) is 1.78. The molecular formula is C13H15N3O3. The standard InChI is InChI=1S/C13H15N3O3/c1-13(8-15-12(19)16-11(13)18)10(17)14-7-9-5-3-2-4-6-9/h2-6H,7-8H2,1H3,(H,14,17)(H2,15,16,18,19). The van der Waals surface area contributed by atoms with Crippen LogP contribution < -0.4 is 16.0 Å². The van der Waals surface area contributed by atoms with Gasteiger partial charge in [0.05, 0.1) is 0 Å². The van der Waals surface area contributed by atoms with E-state index in [4.69, 9.17) is 0 Å². The zero-order chi connectivity index (χ0) is 13.9. The maximum Gasteiger partial charge on any atom is 0.321 e. The number of benzene rings is 1. The lowest BCUT2D eigenvalue weighted by molar-refractivity contribution is -0.142. The molecule has 4 amide bonds. The minimum Gasteiger partial charge on any atom is -0.351 e. The highest BCUT2D eigenvalue weighted by Gasteiger charge is 2.44. The van der Waals surface area contributed by atoms with E-state index in [1.807, 2.05) is 30.3 Å². The Labute approximate surface area is 110 Å². The summed E-state index contributed by atoms with van der Waals surface area (Å²) >= 11 is 0. The van der Waals surface area contributed by atoms with Gasteiger partial charge in [0.15, 0.2) is 0 Å². The van der Waals surface area contributed by atoms with E-state index in [2.05, 4.69) is 16.0 Å². The molecule has 1 saturated heterocycles. The van der Waals surface area contributed by atoms with Crippen LogP contribution in [0.2, 0.25) is 0 Å². The Morgan fingerprint density at radius 1 is 1.32 bits per heavy atom. The summed E-state index contributed by atoms with van der Waals surface area (Å²) < 4.78 is 0. The molecule has 6 heteroatoms. The van der Waals surface area contributed by atoms with Gasteiger partial charge in [-0.1, -0.05) is 30.3 Å². The molecule has 1 aromatic carbocycles. The van der Waals surface area contributed by atoms with Crippen molar-refractivity contribution in [2.45, 2.75) is 13.5 Å². The minimum atomic E-state index is -1.28. The quantitative estimate of drug-likeness (QED) is 0.677. The van der Waals surface area contributed by atoms with Crippen LogP contribution in [0.5, 0.6) is 0 Å². The van der Waals surface area contributed by atoms with E-state index in [1.54, 1.807) is 0 Å². The number of rotatable bonds is 3.